The Kier molecular flexibility index (Phi) is 7.62. The van der Waals surface area contributed by atoms with Crippen LogP contribution in [0, 0.1) is 15.9 Å². The molecule has 1 N–H and O–H groups in total. The number of hydrogen-bond donors (Lipinski definition) is 1. The van der Waals surface area contributed by atoms with Crippen LogP contribution in [0.1, 0.15) is 42.1 Å². The van der Waals surface area contributed by atoms with Gasteiger partial charge >= 0.3 is 5.97 Å². The number of nitrogens with zero attached hydrogens (tertiary/aromatic N) is 1. The number of nitro benzene ring substituents is 1. The van der Waals surface area contributed by atoms with Crippen molar-refractivity contribution in [2.75, 3.05) is 11.9 Å². The van der Waals surface area contributed by atoms with Crippen molar-refractivity contribution in [2.45, 2.75) is 32.6 Å². The fraction of sp³-hybridized carbons (Fsp3) is 0.300. The van der Waals surface area contributed by atoms with Crippen molar-refractivity contribution in [2.24, 2.45) is 0 Å². The van der Waals surface area contributed by atoms with Crippen molar-refractivity contribution in [1.29, 1.82) is 0 Å². The van der Waals surface area contributed by atoms with Gasteiger partial charge in [-0.15, -0.1) is 0 Å². The van der Waals surface area contributed by atoms with Crippen LogP contribution in [0.25, 0.3) is 0 Å². The molecule has 0 bridgehead atoms. The summed E-state index contributed by atoms with van der Waals surface area (Å²) in [6, 6.07) is 9.85. The van der Waals surface area contributed by atoms with E-state index in [-0.39, 0.29) is 41.7 Å². The fourth-order valence-electron chi connectivity index (χ4n) is 2.62. The van der Waals surface area contributed by atoms with Crippen LogP contribution in [0.2, 0.25) is 0 Å². The minimum atomic E-state index is -0.626. The van der Waals surface area contributed by atoms with E-state index in [1.54, 1.807) is 19.1 Å². The van der Waals surface area contributed by atoms with Gasteiger partial charge in [0, 0.05) is 12.5 Å². The first-order valence-electron chi connectivity index (χ1n) is 8.90. The molecule has 0 aromatic heterocycles. The van der Waals surface area contributed by atoms with Crippen LogP contribution < -0.4 is 5.32 Å². The van der Waals surface area contributed by atoms with Crippen LogP contribution in [-0.4, -0.2) is 23.4 Å². The molecule has 0 aliphatic heterocycles. The lowest BCUT2D eigenvalue weighted by atomic mass is 10.1. The number of nitro groups is 1. The zero-order valence-corrected chi connectivity index (χ0v) is 15.4. The maximum atomic E-state index is 12.9. The lowest BCUT2D eigenvalue weighted by molar-refractivity contribution is -0.383. The topological polar surface area (TPSA) is 98.5 Å². The van der Waals surface area contributed by atoms with E-state index in [1.807, 2.05) is 0 Å². The number of carbonyl (C=O) groups excluding carboxylic acids is 2. The van der Waals surface area contributed by atoms with Crippen LogP contribution in [0.15, 0.2) is 42.5 Å². The molecule has 0 unspecified atom stereocenters. The van der Waals surface area contributed by atoms with E-state index in [4.69, 9.17) is 4.74 Å². The molecule has 148 valence electrons. The molecule has 0 fully saturated rings. The SMILES string of the molecule is CCOC(=O)c1ccc([N+](=O)[O-])c(NC(=O)CCCCc2ccc(F)cc2)c1. The molecule has 0 saturated heterocycles. The zero-order valence-electron chi connectivity index (χ0n) is 15.4. The van der Waals surface area contributed by atoms with Crippen LogP contribution in [0.3, 0.4) is 0 Å². The molecule has 8 heteroatoms. The van der Waals surface area contributed by atoms with E-state index >= 15 is 0 Å². The zero-order chi connectivity index (χ0) is 20.5. The Balaban J connectivity index is 1.93. The lowest BCUT2D eigenvalue weighted by Crippen LogP contribution is -2.14. The number of unbranched alkanes of at least 4 members (excludes halogenated alkanes) is 1. The summed E-state index contributed by atoms with van der Waals surface area (Å²) in [7, 11) is 0. The van der Waals surface area contributed by atoms with Crippen molar-refractivity contribution in [1.82, 2.24) is 0 Å². The van der Waals surface area contributed by atoms with Gasteiger partial charge in [-0.2, -0.15) is 0 Å². The number of ether oxygens (including phenoxy) is 1. The van der Waals surface area contributed by atoms with Crippen LogP contribution >= 0.6 is 0 Å². The second-order valence-corrected chi connectivity index (χ2v) is 6.09. The lowest BCUT2D eigenvalue weighted by Gasteiger charge is -2.08. The maximum Gasteiger partial charge on any atom is 0.338 e. The fourth-order valence-corrected chi connectivity index (χ4v) is 2.62. The monoisotopic (exact) mass is 388 g/mol. The first kappa shape index (κ1) is 21.0. The molecule has 0 aliphatic rings. The largest absolute Gasteiger partial charge is 0.462 e. The highest BCUT2D eigenvalue weighted by molar-refractivity contribution is 5.96. The summed E-state index contributed by atoms with van der Waals surface area (Å²) >= 11 is 0. The molecule has 0 radical (unpaired) electrons. The number of carbonyl (C=O) groups is 2. The van der Waals surface area contributed by atoms with Gasteiger partial charge in [-0.3, -0.25) is 14.9 Å². The maximum absolute atomic E-state index is 12.9. The van der Waals surface area contributed by atoms with E-state index in [0.717, 1.165) is 11.6 Å². The van der Waals surface area contributed by atoms with E-state index < -0.39 is 10.9 Å². The minimum absolute atomic E-state index is 0.0425. The number of nitrogens with one attached hydrogen (secondary N) is 1. The summed E-state index contributed by atoms with van der Waals surface area (Å²) < 4.78 is 17.7. The molecule has 0 spiro atoms. The van der Waals surface area contributed by atoms with Crippen molar-refractivity contribution >= 4 is 23.3 Å². The highest BCUT2D eigenvalue weighted by atomic mass is 19.1. The van der Waals surface area contributed by atoms with E-state index in [9.17, 15) is 24.1 Å². The first-order chi connectivity index (χ1) is 13.4. The van der Waals surface area contributed by atoms with Gasteiger partial charge < -0.3 is 10.1 Å². The Morgan fingerprint density at radius 2 is 1.86 bits per heavy atom. The van der Waals surface area contributed by atoms with E-state index in [0.29, 0.717) is 19.3 Å². The van der Waals surface area contributed by atoms with Crippen LogP contribution in [0.4, 0.5) is 15.8 Å². The molecule has 0 heterocycles. The summed E-state index contributed by atoms with van der Waals surface area (Å²) in [4.78, 5) is 34.5. The Morgan fingerprint density at radius 3 is 2.50 bits per heavy atom. The normalized spacial score (nSPS) is 10.4. The predicted octanol–water partition coefficient (Wildman–Crippen LogP) is 4.26. The molecular formula is C20H21FN2O5. The molecule has 7 nitrogen and oxygen atoms in total. The van der Waals surface area contributed by atoms with Gasteiger partial charge in [-0.25, -0.2) is 9.18 Å². The van der Waals surface area contributed by atoms with Gasteiger partial charge in [0.25, 0.3) is 5.69 Å². The number of benzene rings is 2. The van der Waals surface area contributed by atoms with Gasteiger partial charge in [-0.05, 0) is 56.0 Å². The Hall–Kier alpha value is -3.29. The standard InChI is InChI=1S/C20H21FN2O5/c1-2-28-20(25)15-9-12-18(23(26)27)17(13-15)22-19(24)6-4-3-5-14-7-10-16(21)11-8-14/h7-13H,2-6H2,1H3,(H,22,24). The van der Waals surface area contributed by atoms with E-state index in [1.165, 1.54) is 24.3 Å². The molecular weight excluding hydrogens is 367 g/mol. The summed E-state index contributed by atoms with van der Waals surface area (Å²) in [6.07, 6.45) is 2.15. The molecule has 2 aromatic rings. The summed E-state index contributed by atoms with van der Waals surface area (Å²) in [6.45, 7) is 1.82. The number of hydrogen-bond acceptors (Lipinski definition) is 5. The molecule has 2 aromatic carbocycles. The van der Waals surface area contributed by atoms with Gasteiger partial charge in [-0.1, -0.05) is 12.1 Å². The minimum Gasteiger partial charge on any atom is -0.462 e. The Bertz CT molecular complexity index is 852. The number of halogens is 1. The third-order valence-corrected chi connectivity index (χ3v) is 4.01. The third-order valence-electron chi connectivity index (χ3n) is 4.01. The number of aryl methyl sites for hydroxylation is 1. The molecule has 1 amide bonds. The average molecular weight is 388 g/mol. The second-order valence-electron chi connectivity index (χ2n) is 6.09. The van der Waals surface area contributed by atoms with Gasteiger partial charge in [0.05, 0.1) is 17.1 Å². The Labute approximate surface area is 161 Å². The first-order valence-corrected chi connectivity index (χ1v) is 8.90. The van der Waals surface area contributed by atoms with Gasteiger partial charge in [0.15, 0.2) is 0 Å². The quantitative estimate of drug-likeness (QED) is 0.299. The summed E-state index contributed by atoms with van der Waals surface area (Å²) in [5, 5.41) is 13.7. The Morgan fingerprint density at radius 1 is 1.14 bits per heavy atom. The number of esters is 1. The van der Waals surface area contributed by atoms with Crippen LogP contribution in [0.5, 0.6) is 0 Å². The third kappa shape index (κ3) is 6.15. The highest BCUT2D eigenvalue weighted by Gasteiger charge is 2.19. The van der Waals surface area contributed by atoms with Crippen molar-refractivity contribution in [3.8, 4) is 0 Å². The van der Waals surface area contributed by atoms with Gasteiger partial charge in [0.1, 0.15) is 11.5 Å². The predicted molar refractivity (Wildman–Crippen MR) is 102 cm³/mol. The molecule has 2 rings (SSSR count). The average Bonchev–Trinajstić information content (AvgIpc) is 2.66. The molecule has 28 heavy (non-hydrogen) atoms. The summed E-state index contributed by atoms with van der Waals surface area (Å²) in [5.41, 5.74) is 0.755. The van der Waals surface area contributed by atoms with Crippen molar-refractivity contribution in [3.63, 3.8) is 0 Å². The van der Waals surface area contributed by atoms with E-state index in [2.05, 4.69) is 5.32 Å². The van der Waals surface area contributed by atoms with Gasteiger partial charge in [0.2, 0.25) is 5.91 Å². The molecule has 0 saturated carbocycles. The number of amides is 1. The molecule has 0 aliphatic carbocycles. The summed E-state index contributed by atoms with van der Waals surface area (Å²) in [5.74, 6) is -1.30. The number of rotatable bonds is 9. The second kappa shape index (κ2) is 10.1. The van der Waals surface area contributed by atoms with Crippen molar-refractivity contribution in [3.05, 3.63) is 69.5 Å². The number of anilines is 1. The highest BCUT2D eigenvalue weighted by Crippen LogP contribution is 2.26. The van der Waals surface area contributed by atoms with Crippen molar-refractivity contribution < 1.29 is 23.6 Å². The van der Waals surface area contributed by atoms with Crippen LogP contribution in [-0.2, 0) is 16.0 Å². The molecule has 0 atom stereocenters. The smallest absolute Gasteiger partial charge is 0.338 e.